The molecule has 102 valence electrons. The second kappa shape index (κ2) is 5.25. The second-order valence-corrected chi connectivity index (χ2v) is 5.46. The van der Waals surface area contributed by atoms with Gasteiger partial charge in [-0.05, 0) is 26.2 Å². The van der Waals surface area contributed by atoms with Gasteiger partial charge in [0, 0.05) is 31.3 Å². The Morgan fingerprint density at radius 1 is 1.37 bits per heavy atom. The molecule has 2 aliphatic rings. The van der Waals surface area contributed by atoms with E-state index < -0.39 is 0 Å². The molecule has 2 fully saturated rings. The van der Waals surface area contributed by atoms with Gasteiger partial charge in [0.15, 0.2) is 0 Å². The number of aromatic nitrogens is 2. The van der Waals surface area contributed by atoms with Gasteiger partial charge in [0.25, 0.3) is 5.91 Å². The molecule has 0 aromatic carbocycles. The Morgan fingerprint density at radius 3 is 2.79 bits per heavy atom. The van der Waals surface area contributed by atoms with Crippen molar-refractivity contribution in [1.29, 1.82) is 0 Å². The van der Waals surface area contributed by atoms with E-state index in [-0.39, 0.29) is 5.91 Å². The van der Waals surface area contributed by atoms with Crippen LogP contribution in [0.15, 0.2) is 12.4 Å². The summed E-state index contributed by atoms with van der Waals surface area (Å²) in [6.07, 6.45) is 6.50. The van der Waals surface area contributed by atoms with Crippen molar-refractivity contribution in [2.45, 2.75) is 32.2 Å². The SMILES string of the molecule is Cc1cnc(C(=O)N(C[C@H]2CCOC2)C2CC2)cn1. The van der Waals surface area contributed by atoms with Gasteiger partial charge in [-0.2, -0.15) is 0 Å². The first kappa shape index (κ1) is 12.5. The molecule has 0 bridgehead atoms. The molecule has 1 amide bonds. The van der Waals surface area contributed by atoms with E-state index in [0.29, 0.717) is 17.7 Å². The van der Waals surface area contributed by atoms with E-state index in [9.17, 15) is 4.79 Å². The molecule has 1 aliphatic carbocycles. The van der Waals surface area contributed by atoms with Gasteiger partial charge >= 0.3 is 0 Å². The smallest absolute Gasteiger partial charge is 0.274 e. The molecule has 5 nitrogen and oxygen atoms in total. The third kappa shape index (κ3) is 2.92. The van der Waals surface area contributed by atoms with Crippen LogP contribution in [0.3, 0.4) is 0 Å². The van der Waals surface area contributed by atoms with Crippen molar-refractivity contribution in [2.24, 2.45) is 5.92 Å². The fourth-order valence-electron chi connectivity index (χ4n) is 2.44. The van der Waals surface area contributed by atoms with E-state index >= 15 is 0 Å². The highest BCUT2D eigenvalue weighted by atomic mass is 16.5. The maximum Gasteiger partial charge on any atom is 0.274 e. The average Bonchev–Trinajstić information content (AvgIpc) is 3.13. The van der Waals surface area contributed by atoms with Crippen LogP contribution >= 0.6 is 0 Å². The van der Waals surface area contributed by atoms with E-state index in [1.807, 2.05) is 11.8 Å². The predicted molar refractivity (Wildman–Crippen MR) is 69.8 cm³/mol. The van der Waals surface area contributed by atoms with Crippen LogP contribution in [0.1, 0.15) is 35.4 Å². The van der Waals surface area contributed by atoms with E-state index in [1.54, 1.807) is 12.4 Å². The van der Waals surface area contributed by atoms with Crippen LogP contribution in [0.5, 0.6) is 0 Å². The Balaban J connectivity index is 1.71. The van der Waals surface area contributed by atoms with Gasteiger partial charge in [0.05, 0.1) is 18.5 Å². The van der Waals surface area contributed by atoms with E-state index in [1.165, 1.54) is 0 Å². The first-order valence-corrected chi connectivity index (χ1v) is 6.91. The molecular formula is C14H19N3O2. The molecular weight excluding hydrogens is 242 g/mol. The molecule has 0 unspecified atom stereocenters. The van der Waals surface area contributed by atoms with Crippen molar-refractivity contribution in [3.05, 3.63) is 23.8 Å². The minimum Gasteiger partial charge on any atom is -0.381 e. The summed E-state index contributed by atoms with van der Waals surface area (Å²) in [5.41, 5.74) is 1.29. The monoisotopic (exact) mass is 261 g/mol. The quantitative estimate of drug-likeness (QED) is 0.822. The maximum atomic E-state index is 12.5. The molecule has 1 aromatic rings. The number of rotatable bonds is 4. The molecule has 1 saturated carbocycles. The Bertz CT molecular complexity index is 450. The first-order valence-electron chi connectivity index (χ1n) is 6.91. The third-order valence-electron chi connectivity index (χ3n) is 3.73. The highest BCUT2D eigenvalue weighted by molar-refractivity contribution is 5.92. The van der Waals surface area contributed by atoms with Gasteiger partial charge in [-0.1, -0.05) is 0 Å². The highest BCUT2D eigenvalue weighted by Crippen LogP contribution is 2.30. The largest absolute Gasteiger partial charge is 0.381 e. The molecule has 1 aliphatic heterocycles. The van der Waals surface area contributed by atoms with Crippen LogP contribution in [-0.2, 0) is 4.74 Å². The van der Waals surface area contributed by atoms with E-state index in [0.717, 1.165) is 44.7 Å². The van der Waals surface area contributed by atoms with Crippen LogP contribution in [0, 0.1) is 12.8 Å². The minimum absolute atomic E-state index is 0.0156. The molecule has 2 heterocycles. The van der Waals surface area contributed by atoms with Crippen molar-refractivity contribution >= 4 is 5.91 Å². The minimum atomic E-state index is 0.0156. The van der Waals surface area contributed by atoms with Gasteiger partial charge in [-0.15, -0.1) is 0 Å². The Morgan fingerprint density at radius 2 is 2.21 bits per heavy atom. The van der Waals surface area contributed by atoms with Gasteiger partial charge in [-0.3, -0.25) is 9.78 Å². The van der Waals surface area contributed by atoms with Gasteiger partial charge < -0.3 is 9.64 Å². The van der Waals surface area contributed by atoms with Crippen molar-refractivity contribution < 1.29 is 9.53 Å². The number of hydrogen-bond donors (Lipinski definition) is 0. The van der Waals surface area contributed by atoms with Crippen molar-refractivity contribution in [3.63, 3.8) is 0 Å². The van der Waals surface area contributed by atoms with Crippen LogP contribution in [-0.4, -0.2) is 46.6 Å². The standard InChI is InChI=1S/C14H19N3O2/c1-10-6-16-13(7-15-10)14(18)17(12-2-3-12)8-11-4-5-19-9-11/h6-7,11-12H,2-5,8-9H2,1H3/t11-/m1/s1. The normalized spacial score (nSPS) is 22.5. The molecule has 1 aromatic heterocycles. The molecule has 5 heteroatoms. The lowest BCUT2D eigenvalue weighted by atomic mass is 10.1. The predicted octanol–water partition coefficient (Wildman–Crippen LogP) is 1.43. The fourth-order valence-corrected chi connectivity index (χ4v) is 2.44. The zero-order valence-electron chi connectivity index (χ0n) is 11.2. The van der Waals surface area contributed by atoms with Crippen molar-refractivity contribution in [3.8, 4) is 0 Å². The molecule has 3 rings (SSSR count). The zero-order chi connectivity index (χ0) is 13.2. The summed E-state index contributed by atoms with van der Waals surface area (Å²) in [5, 5.41) is 0. The summed E-state index contributed by atoms with van der Waals surface area (Å²) < 4.78 is 5.39. The van der Waals surface area contributed by atoms with Crippen LogP contribution < -0.4 is 0 Å². The number of carbonyl (C=O) groups excluding carboxylic acids is 1. The lowest BCUT2D eigenvalue weighted by Gasteiger charge is -2.24. The number of nitrogens with zero attached hydrogens (tertiary/aromatic N) is 3. The fraction of sp³-hybridized carbons (Fsp3) is 0.643. The molecule has 0 spiro atoms. The molecule has 0 N–H and O–H groups in total. The van der Waals surface area contributed by atoms with Crippen LogP contribution in [0.4, 0.5) is 0 Å². The van der Waals surface area contributed by atoms with Gasteiger partial charge in [-0.25, -0.2) is 4.98 Å². The topological polar surface area (TPSA) is 55.3 Å². The van der Waals surface area contributed by atoms with Crippen molar-refractivity contribution in [1.82, 2.24) is 14.9 Å². The molecule has 1 atom stereocenters. The summed E-state index contributed by atoms with van der Waals surface area (Å²) >= 11 is 0. The summed E-state index contributed by atoms with van der Waals surface area (Å²) in [5.74, 6) is 0.491. The maximum absolute atomic E-state index is 12.5. The van der Waals surface area contributed by atoms with Crippen molar-refractivity contribution in [2.75, 3.05) is 19.8 Å². The Labute approximate surface area is 113 Å². The summed E-state index contributed by atoms with van der Waals surface area (Å²) in [4.78, 5) is 22.8. The molecule has 0 radical (unpaired) electrons. The third-order valence-corrected chi connectivity index (χ3v) is 3.73. The summed E-state index contributed by atoms with van der Waals surface area (Å²) in [6.45, 7) is 4.26. The van der Waals surface area contributed by atoms with E-state index in [4.69, 9.17) is 4.74 Å². The zero-order valence-corrected chi connectivity index (χ0v) is 11.2. The Hall–Kier alpha value is -1.49. The highest BCUT2D eigenvalue weighted by Gasteiger charge is 2.35. The van der Waals surface area contributed by atoms with Gasteiger partial charge in [0.2, 0.25) is 0 Å². The van der Waals surface area contributed by atoms with E-state index in [2.05, 4.69) is 9.97 Å². The average molecular weight is 261 g/mol. The lowest BCUT2D eigenvalue weighted by Crippen LogP contribution is -2.38. The number of amides is 1. The molecule has 19 heavy (non-hydrogen) atoms. The number of ether oxygens (including phenoxy) is 1. The Kier molecular flexibility index (Phi) is 3.46. The first-order chi connectivity index (χ1) is 9.24. The summed E-state index contributed by atoms with van der Waals surface area (Å²) in [6, 6.07) is 0.399. The number of aryl methyl sites for hydroxylation is 1. The van der Waals surface area contributed by atoms with Gasteiger partial charge in [0.1, 0.15) is 5.69 Å². The van der Waals surface area contributed by atoms with Crippen LogP contribution in [0.25, 0.3) is 0 Å². The second-order valence-electron chi connectivity index (χ2n) is 5.46. The molecule has 1 saturated heterocycles. The van der Waals surface area contributed by atoms with Crippen LogP contribution in [0.2, 0.25) is 0 Å². The lowest BCUT2D eigenvalue weighted by molar-refractivity contribution is 0.0700. The number of carbonyl (C=O) groups is 1. The summed E-state index contributed by atoms with van der Waals surface area (Å²) in [7, 11) is 0. The number of hydrogen-bond acceptors (Lipinski definition) is 4.